The third kappa shape index (κ3) is 14.0. The van der Waals surface area contributed by atoms with Crippen LogP contribution in [0.15, 0.2) is 170 Å². The summed E-state index contributed by atoms with van der Waals surface area (Å²) >= 11 is -0.750. The molecule has 8 aromatic carbocycles. The van der Waals surface area contributed by atoms with Gasteiger partial charge in [0, 0.05) is 0 Å². The summed E-state index contributed by atoms with van der Waals surface area (Å²) in [5.41, 5.74) is -0.335. The number of carboxylic acids is 8. The minimum absolute atomic E-state index is 0.112. The quantitative estimate of drug-likeness (QED) is 0.0396. The van der Waals surface area contributed by atoms with Crippen molar-refractivity contribution in [3.63, 3.8) is 0 Å². The number of benzene rings is 8. The lowest BCUT2D eigenvalue weighted by molar-refractivity contribution is 0.0649. The minimum atomic E-state index is -1.43. The Morgan fingerprint density at radius 2 is 0.418 bits per heavy atom. The molecule has 0 aliphatic rings. The fourth-order valence-corrected chi connectivity index (χ4v) is 7.43. The summed E-state index contributed by atoms with van der Waals surface area (Å²) in [5, 5.41) is 74.9. The van der Waals surface area contributed by atoms with Gasteiger partial charge in [0.1, 0.15) is 68.2 Å². The zero-order chi connectivity index (χ0) is 57.5. The van der Waals surface area contributed by atoms with Crippen LogP contribution in [0.5, 0.6) is 46.0 Å². The van der Waals surface area contributed by atoms with Crippen molar-refractivity contribution in [2.24, 2.45) is 0 Å². The van der Waals surface area contributed by atoms with Gasteiger partial charge in [-0.15, -0.1) is 0 Å². The Hall–Kier alpha value is -11.5. The standard InChI is InChI=1S/2C28H18O10.O2S/c2*29-25(30)19-3-1-5-21(23(19)27(33)34)37-17-11-7-15(8-12-17)16-9-13-18(14-10-16)38-22-6-2-4-20(26(31)32)24(22)28(35)36;1-3-2/h2*1-14H,(H,29,30)(H,31,32)(H,33,34)(H,35,36);. The van der Waals surface area contributed by atoms with E-state index in [4.69, 9.17) is 27.4 Å². The van der Waals surface area contributed by atoms with Crippen LogP contribution >= 0.6 is 0 Å². The summed E-state index contributed by atoms with van der Waals surface area (Å²) < 4.78 is 39.1. The Labute approximate surface area is 447 Å². The van der Waals surface area contributed by atoms with E-state index in [1.54, 1.807) is 97.1 Å². The highest BCUT2D eigenvalue weighted by Gasteiger charge is 2.25. The lowest BCUT2D eigenvalue weighted by Gasteiger charge is -2.12. The van der Waals surface area contributed by atoms with Gasteiger partial charge in [0.2, 0.25) is 0 Å². The molecule has 398 valence electrons. The van der Waals surface area contributed by atoms with Crippen molar-refractivity contribution in [3.05, 3.63) is 214 Å². The maximum Gasteiger partial charge on any atom is 0.340 e. The molecule has 0 amide bonds. The Morgan fingerprint density at radius 1 is 0.253 bits per heavy atom. The van der Waals surface area contributed by atoms with E-state index in [0.717, 1.165) is 22.3 Å². The van der Waals surface area contributed by atoms with E-state index in [-0.39, 0.29) is 45.3 Å². The lowest BCUT2D eigenvalue weighted by Crippen LogP contribution is -2.09. The zero-order valence-electron chi connectivity index (χ0n) is 39.9. The first kappa shape index (κ1) is 56.8. The van der Waals surface area contributed by atoms with E-state index in [9.17, 15) is 79.2 Å². The average molecular weight is 1090 g/mol. The number of ether oxygens (including phenoxy) is 4. The fourth-order valence-electron chi connectivity index (χ4n) is 7.43. The molecule has 0 bridgehead atoms. The van der Waals surface area contributed by atoms with Crippen molar-refractivity contribution in [2.45, 2.75) is 0 Å². The zero-order valence-corrected chi connectivity index (χ0v) is 40.7. The molecule has 0 saturated carbocycles. The number of carbonyl (C=O) groups is 8. The third-order valence-electron chi connectivity index (χ3n) is 10.9. The topological polar surface area (TPSA) is 369 Å². The Morgan fingerprint density at radius 3 is 0.557 bits per heavy atom. The van der Waals surface area contributed by atoms with Crippen LogP contribution in [0, 0.1) is 0 Å². The molecule has 79 heavy (non-hydrogen) atoms. The molecular formula is C56H36O22S. The van der Waals surface area contributed by atoms with E-state index >= 15 is 0 Å². The van der Waals surface area contributed by atoms with E-state index in [2.05, 4.69) is 0 Å². The summed E-state index contributed by atoms with van der Waals surface area (Å²) in [6, 6.07) is 42.2. The second kappa shape index (κ2) is 25.7. The molecule has 23 heteroatoms. The highest BCUT2D eigenvalue weighted by Crippen LogP contribution is 2.35. The number of rotatable bonds is 18. The van der Waals surface area contributed by atoms with Gasteiger partial charge in [-0.1, -0.05) is 72.8 Å². The Bertz CT molecular complexity index is 3220. The number of hydrogen-bond donors (Lipinski definition) is 8. The van der Waals surface area contributed by atoms with E-state index in [1.165, 1.54) is 72.8 Å². The Kier molecular flexibility index (Phi) is 18.5. The molecule has 8 N–H and O–H groups in total. The monoisotopic (exact) mass is 1090 g/mol. The highest BCUT2D eigenvalue weighted by molar-refractivity contribution is 7.51. The van der Waals surface area contributed by atoms with Gasteiger partial charge < -0.3 is 59.8 Å². The van der Waals surface area contributed by atoms with Crippen LogP contribution in [0.25, 0.3) is 22.3 Å². The number of carboxylic acid groups (broad SMARTS) is 8. The second-order valence-corrected chi connectivity index (χ2v) is 15.9. The maximum atomic E-state index is 11.6. The van der Waals surface area contributed by atoms with Crippen LogP contribution in [0.2, 0.25) is 0 Å². The number of hydrogen-bond acceptors (Lipinski definition) is 14. The second-order valence-electron chi connectivity index (χ2n) is 15.7. The maximum absolute atomic E-state index is 11.6. The molecule has 22 nitrogen and oxygen atoms in total. The SMILES string of the molecule is O=C(O)c1cccc(Oc2ccc(-c3ccc(Oc4cccc(C(=O)O)c4C(=O)O)cc3)cc2)c1C(=O)O.O=C(O)c1cccc(Oc2ccc(-c3ccc(Oc4cccc(C(=O)O)c4C(=O)O)cc3)cc2)c1C(=O)O.O=S=O. The summed E-state index contributed by atoms with van der Waals surface area (Å²) in [4.78, 5) is 91.9. The van der Waals surface area contributed by atoms with Crippen molar-refractivity contribution < 1.29 is 107 Å². The fraction of sp³-hybridized carbons (Fsp3) is 0. The van der Waals surface area contributed by atoms with Crippen LogP contribution in [-0.2, 0) is 11.6 Å². The molecular weight excluding hydrogens is 1060 g/mol. The third-order valence-corrected chi connectivity index (χ3v) is 10.9. The molecule has 0 atom stereocenters. The molecule has 0 heterocycles. The smallest absolute Gasteiger partial charge is 0.340 e. The van der Waals surface area contributed by atoms with Crippen molar-refractivity contribution in [2.75, 3.05) is 0 Å². The largest absolute Gasteiger partial charge is 0.478 e. The first-order valence-electron chi connectivity index (χ1n) is 22.1. The normalized spacial score (nSPS) is 10.2. The minimum Gasteiger partial charge on any atom is -0.478 e. The van der Waals surface area contributed by atoms with Gasteiger partial charge in [0.05, 0.1) is 22.3 Å². The average Bonchev–Trinajstić information content (AvgIpc) is 3.43. The van der Waals surface area contributed by atoms with Crippen molar-refractivity contribution in [3.8, 4) is 68.2 Å². The van der Waals surface area contributed by atoms with Gasteiger partial charge in [-0.25, -0.2) is 38.4 Å². The predicted octanol–water partition coefficient (Wildman–Crippen LogP) is 10.8. The molecule has 0 spiro atoms. The van der Waals surface area contributed by atoms with Crippen molar-refractivity contribution >= 4 is 59.3 Å². The number of aromatic carboxylic acids is 8. The van der Waals surface area contributed by atoms with Crippen molar-refractivity contribution in [1.82, 2.24) is 0 Å². The molecule has 0 unspecified atom stereocenters. The summed E-state index contributed by atoms with van der Waals surface area (Å²) in [6.45, 7) is 0. The predicted molar refractivity (Wildman–Crippen MR) is 274 cm³/mol. The van der Waals surface area contributed by atoms with Gasteiger partial charge in [0.15, 0.2) is 0 Å². The first-order chi connectivity index (χ1) is 37.7. The summed E-state index contributed by atoms with van der Waals surface area (Å²) in [6.07, 6.45) is 0. The molecule has 0 aromatic heterocycles. The Balaban J connectivity index is 0.000000243. The molecule has 0 aliphatic heterocycles. The highest BCUT2D eigenvalue weighted by atomic mass is 32.1. The molecule has 0 radical (unpaired) electrons. The summed E-state index contributed by atoms with van der Waals surface area (Å²) in [5.74, 6) is -10.5. The van der Waals surface area contributed by atoms with Crippen LogP contribution in [0.3, 0.4) is 0 Å². The van der Waals surface area contributed by atoms with Gasteiger partial charge in [-0.3, -0.25) is 0 Å². The van der Waals surface area contributed by atoms with Crippen LogP contribution < -0.4 is 18.9 Å². The van der Waals surface area contributed by atoms with E-state index in [0.29, 0.717) is 23.0 Å². The van der Waals surface area contributed by atoms with Gasteiger partial charge in [0.25, 0.3) is 0 Å². The lowest BCUT2D eigenvalue weighted by atomic mass is 10.0. The van der Waals surface area contributed by atoms with E-state index < -0.39 is 81.6 Å². The molecule has 0 fully saturated rings. The summed E-state index contributed by atoms with van der Waals surface area (Å²) in [7, 11) is 0. The van der Waals surface area contributed by atoms with E-state index in [1.807, 2.05) is 0 Å². The van der Waals surface area contributed by atoms with Crippen LogP contribution in [-0.4, -0.2) is 97.0 Å². The first-order valence-corrected chi connectivity index (χ1v) is 22.8. The van der Waals surface area contributed by atoms with Crippen LogP contribution in [0.4, 0.5) is 0 Å². The van der Waals surface area contributed by atoms with Crippen molar-refractivity contribution in [1.29, 1.82) is 0 Å². The van der Waals surface area contributed by atoms with Crippen LogP contribution in [0.1, 0.15) is 82.9 Å². The van der Waals surface area contributed by atoms with Gasteiger partial charge >= 0.3 is 59.3 Å². The molecule has 0 aliphatic carbocycles. The molecule has 8 rings (SSSR count). The van der Waals surface area contributed by atoms with Gasteiger partial charge in [-0.2, -0.15) is 8.42 Å². The van der Waals surface area contributed by atoms with Gasteiger partial charge in [-0.05, 0) is 119 Å². The molecule has 0 saturated heterocycles. The molecule has 8 aromatic rings.